The standard InChI is InChI=1S/C24H32N4O6S/c1-16-21(32-19-11-13-28(14-12-19)23(29)33-24(3,4)5)25-15-26-22(16)34-27-17(2)18-7-9-20(10-8-18)35(6,30)31/h7-10,15,19H,11-14H2,1-6H3/b27-17-. The molecule has 0 unspecified atom stereocenters. The lowest BCUT2D eigenvalue weighted by molar-refractivity contribution is 0.0122. The number of piperidine rings is 1. The molecule has 1 aliphatic rings. The van der Waals surface area contributed by atoms with E-state index in [9.17, 15) is 13.2 Å². The first-order valence-electron chi connectivity index (χ1n) is 11.3. The number of nitrogens with zero attached hydrogens (tertiary/aromatic N) is 4. The highest BCUT2D eigenvalue weighted by Crippen LogP contribution is 2.26. The minimum atomic E-state index is -3.27. The second-order valence-electron chi connectivity index (χ2n) is 9.46. The van der Waals surface area contributed by atoms with Gasteiger partial charge in [-0.2, -0.15) is 4.98 Å². The number of ether oxygens (including phenoxy) is 2. The molecule has 1 aliphatic heterocycles. The summed E-state index contributed by atoms with van der Waals surface area (Å²) < 4.78 is 34.8. The second-order valence-corrected chi connectivity index (χ2v) is 11.5. The number of amides is 1. The molecule has 0 radical (unpaired) electrons. The monoisotopic (exact) mass is 504 g/mol. The van der Waals surface area contributed by atoms with Crippen LogP contribution in [0.15, 0.2) is 40.6 Å². The van der Waals surface area contributed by atoms with Gasteiger partial charge in [0.25, 0.3) is 5.88 Å². The number of carbonyl (C=O) groups is 1. The van der Waals surface area contributed by atoms with Crippen LogP contribution in [0.4, 0.5) is 4.79 Å². The third-order valence-electron chi connectivity index (χ3n) is 5.33. The highest BCUT2D eigenvalue weighted by atomic mass is 32.2. The minimum absolute atomic E-state index is 0.103. The number of sulfone groups is 1. The average molecular weight is 505 g/mol. The Balaban J connectivity index is 1.60. The first kappa shape index (κ1) is 26.4. The van der Waals surface area contributed by atoms with Crippen LogP contribution in [-0.4, -0.2) is 66.1 Å². The molecular weight excluding hydrogens is 472 g/mol. The number of aromatic nitrogens is 2. The van der Waals surface area contributed by atoms with Crippen molar-refractivity contribution in [2.75, 3.05) is 19.3 Å². The van der Waals surface area contributed by atoms with Gasteiger partial charge in [-0.25, -0.2) is 18.2 Å². The Labute approximate surface area is 206 Å². The van der Waals surface area contributed by atoms with Gasteiger partial charge in [-0.15, -0.1) is 0 Å². The summed E-state index contributed by atoms with van der Waals surface area (Å²) >= 11 is 0. The largest absolute Gasteiger partial charge is 0.474 e. The van der Waals surface area contributed by atoms with Crippen LogP contribution in [0.25, 0.3) is 0 Å². The van der Waals surface area contributed by atoms with E-state index in [0.29, 0.717) is 43.1 Å². The van der Waals surface area contributed by atoms with Crippen LogP contribution in [0.1, 0.15) is 51.7 Å². The molecule has 1 saturated heterocycles. The first-order valence-corrected chi connectivity index (χ1v) is 13.2. The van der Waals surface area contributed by atoms with Crippen LogP contribution < -0.4 is 9.57 Å². The van der Waals surface area contributed by atoms with E-state index in [1.807, 2.05) is 20.8 Å². The third kappa shape index (κ3) is 7.38. The van der Waals surface area contributed by atoms with Gasteiger partial charge in [0, 0.05) is 32.2 Å². The summed E-state index contributed by atoms with van der Waals surface area (Å²) in [5.74, 6) is 0.657. The van der Waals surface area contributed by atoms with E-state index in [0.717, 1.165) is 11.8 Å². The van der Waals surface area contributed by atoms with Crippen LogP contribution in [0, 0.1) is 6.92 Å². The lowest BCUT2D eigenvalue weighted by Crippen LogP contribution is -2.44. The van der Waals surface area contributed by atoms with Crippen molar-refractivity contribution in [1.82, 2.24) is 14.9 Å². The van der Waals surface area contributed by atoms with Gasteiger partial charge in [-0.1, -0.05) is 17.3 Å². The molecule has 10 nitrogen and oxygen atoms in total. The van der Waals surface area contributed by atoms with Gasteiger partial charge in [0.1, 0.15) is 18.0 Å². The molecule has 1 aromatic carbocycles. The summed E-state index contributed by atoms with van der Waals surface area (Å²) in [7, 11) is -3.27. The number of hydrogen-bond acceptors (Lipinski definition) is 9. The Bertz CT molecular complexity index is 1180. The number of rotatable bonds is 6. The molecule has 190 valence electrons. The molecule has 1 fully saturated rings. The Kier molecular flexibility index (Phi) is 7.99. The summed E-state index contributed by atoms with van der Waals surface area (Å²) in [6, 6.07) is 6.40. The van der Waals surface area contributed by atoms with Crippen LogP contribution >= 0.6 is 0 Å². The molecule has 11 heteroatoms. The summed E-state index contributed by atoms with van der Waals surface area (Å²) in [4.78, 5) is 28.1. The molecule has 3 rings (SSSR count). The van der Waals surface area contributed by atoms with Gasteiger partial charge in [0.15, 0.2) is 9.84 Å². The van der Waals surface area contributed by atoms with Crippen LogP contribution in [-0.2, 0) is 14.6 Å². The zero-order valence-corrected chi connectivity index (χ0v) is 21.8. The lowest BCUT2D eigenvalue weighted by atomic mass is 10.1. The third-order valence-corrected chi connectivity index (χ3v) is 6.46. The van der Waals surface area contributed by atoms with Crippen molar-refractivity contribution in [3.8, 4) is 11.8 Å². The number of hydrogen-bond donors (Lipinski definition) is 0. The van der Waals surface area contributed by atoms with Gasteiger partial charge in [-0.3, -0.25) is 0 Å². The summed E-state index contributed by atoms with van der Waals surface area (Å²) in [6.45, 7) is 10.1. The molecule has 0 N–H and O–H groups in total. The van der Waals surface area contributed by atoms with Gasteiger partial charge >= 0.3 is 6.09 Å². The zero-order valence-electron chi connectivity index (χ0n) is 20.9. The number of benzene rings is 1. The van der Waals surface area contributed by atoms with E-state index in [4.69, 9.17) is 14.3 Å². The van der Waals surface area contributed by atoms with E-state index in [-0.39, 0.29) is 23.0 Å². The van der Waals surface area contributed by atoms with E-state index >= 15 is 0 Å². The fraction of sp³-hybridized carbons (Fsp3) is 0.500. The number of likely N-dealkylation sites (tertiary alicyclic amines) is 1. The molecule has 0 atom stereocenters. The van der Waals surface area contributed by atoms with Gasteiger partial charge in [0.05, 0.1) is 16.2 Å². The Morgan fingerprint density at radius 3 is 2.26 bits per heavy atom. The Morgan fingerprint density at radius 2 is 1.69 bits per heavy atom. The van der Waals surface area contributed by atoms with Crippen molar-refractivity contribution in [2.24, 2.45) is 5.16 Å². The van der Waals surface area contributed by atoms with E-state index in [1.54, 1.807) is 30.9 Å². The molecule has 1 amide bonds. The second kappa shape index (κ2) is 10.6. The molecule has 0 aliphatic carbocycles. The van der Waals surface area contributed by atoms with Gasteiger partial charge in [-0.05, 0) is 52.3 Å². The maximum Gasteiger partial charge on any atom is 0.410 e. The Hall–Kier alpha value is -3.21. The molecular formula is C24H32N4O6S. The molecule has 1 aromatic heterocycles. The van der Waals surface area contributed by atoms with E-state index in [2.05, 4.69) is 15.1 Å². The summed E-state index contributed by atoms with van der Waals surface area (Å²) in [6.07, 6.45) is 3.39. The Morgan fingerprint density at radius 1 is 1.09 bits per heavy atom. The predicted octanol–water partition coefficient (Wildman–Crippen LogP) is 3.77. The summed E-state index contributed by atoms with van der Waals surface area (Å²) in [5, 5.41) is 4.13. The SMILES string of the molecule is C/C(=N/Oc1ncnc(OC2CCN(C(=O)OC(C)(C)C)CC2)c1C)c1ccc(S(C)(=O)=O)cc1. The topological polar surface area (TPSA) is 120 Å². The maximum atomic E-state index is 12.3. The van der Waals surface area contributed by atoms with Gasteiger partial charge < -0.3 is 19.2 Å². The summed E-state index contributed by atoms with van der Waals surface area (Å²) in [5.41, 5.74) is 1.35. The lowest BCUT2D eigenvalue weighted by Gasteiger charge is -2.33. The quantitative estimate of drug-likeness (QED) is 0.431. The fourth-order valence-electron chi connectivity index (χ4n) is 3.38. The minimum Gasteiger partial charge on any atom is -0.474 e. The number of carbonyl (C=O) groups excluding carboxylic acids is 1. The van der Waals surface area contributed by atoms with Crippen molar-refractivity contribution in [1.29, 1.82) is 0 Å². The van der Waals surface area contributed by atoms with Crippen LogP contribution in [0.5, 0.6) is 11.8 Å². The normalized spacial score (nSPS) is 15.6. The predicted molar refractivity (Wildman–Crippen MR) is 131 cm³/mol. The van der Waals surface area contributed by atoms with Crippen LogP contribution in [0.2, 0.25) is 0 Å². The van der Waals surface area contributed by atoms with Crippen molar-refractivity contribution in [3.63, 3.8) is 0 Å². The maximum absolute atomic E-state index is 12.3. The zero-order chi connectivity index (χ0) is 25.8. The van der Waals surface area contributed by atoms with Crippen molar-refractivity contribution in [3.05, 3.63) is 41.7 Å². The fourth-order valence-corrected chi connectivity index (χ4v) is 4.01. The molecule has 2 heterocycles. The highest BCUT2D eigenvalue weighted by molar-refractivity contribution is 7.90. The highest BCUT2D eigenvalue weighted by Gasteiger charge is 2.28. The average Bonchev–Trinajstić information content (AvgIpc) is 2.78. The van der Waals surface area contributed by atoms with Crippen molar-refractivity contribution < 1.29 is 27.5 Å². The van der Waals surface area contributed by atoms with E-state index < -0.39 is 15.4 Å². The molecule has 0 saturated carbocycles. The smallest absolute Gasteiger partial charge is 0.410 e. The van der Waals surface area contributed by atoms with Crippen LogP contribution in [0.3, 0.4) is 0 Å². The molecule has 35 heavy (non-hydrogen) atoms. The number of oxime groups is 1. The van der Waals surface area contributed by atoms with Crippen molar-refractivity contribution >= 4 is 21.6 Å². The molecule has 0 bridgehead atoms. The first-order chi connectivity index (χ1) is 16.3. The van der Waals surface area contributed by atoms with Gasteiger partial charge in [0.2, 0.25) is 5.88 Å². The molecule has 0 spiro atoms. The van der Waals surface area contributed by atoms with E-state index in [1.165, 1.54) is 18.5 Å². The van der Waals surface area contributed by atoms with Crippen molar-refractivity contribution in [2.45, 2.75) is 64.1 Å². The molecule has 2 aromatic rings.